The van der Waals surface area contributed by atoms with Crippen molar-refractivity contribution >= 4 is 22.4 Å². The van der Waals surface area contributed by atoms with Crippen molar-refractivity contribution in [2.24, 2.45) is 0 Å². The van der Waals surface area contributed by atoms with Gasteiger partial charge >= 0.3 is 6.03 Å². The lowest BCUT2D eigenvalue weighted by molar-refractivity contribution is 0.194. The van der Waals surface area contributed by atoms with Crippen LogP contribution in [-0.4, -0.2) is 17.0 Å². The summed E-state index contributed by atoms with van der Waals surface area (Å²) < 4.78 is 0. The second-order valence-corrected chi connectivity index (χ2v) is 5.56. The predicted molar refractivity (Wildman–Crippen MR) is 80.5 cm³/mol. The van der Waals surface area contributed by atoms with Gasteiger partial charge in [-0.2, -0.15) is 0 Å². The average molecular weight is 274 g/mol. The van der Waals surface area contributed by atoms with Gasteiger partial charge in [0.1, 0.15) is 0 Å². The number of hydrogen-bond donors (Lipinski definition) is 1. The Labute approximate surface area is 117 Å². The van der Waals surface area contributed by atoms with Crippen molar-refractivity contribution in [2.75, 3.05) is 5.32 Å². The molecule has 0 aliphatic heterocycles. The highest BCUT2D eigenvalue weighted by Gasteiger charge is 2.17. The Hall–Kier alpha value is -1.81. The second kappa shape index (κ2) is 6.38. The number of thiophene rings is 1. The predicted octanol–water partition coefficient (Wildman–Crippen LogP) is 4.19. The smallest absolute Gasteiger partial charge is 0.318 e. The minimum Gasteiger partial charge on any atom is -0.318 e. The molecule has 0 aliphatic carbocycles. The molecule has 2 aromatic rings. The van der Waals surface area contributed by atoms with Gasteiger partial charge in [-0.15, -0.1) is 11.3 Å². The summed E-state index contributed by atoms with van der Waals surface area (Å²) in [5, 5.41) is 5.76. The van der Waals surface area contributed by atoms with Crippen LogP contribution in [0.25, 0.3) is 0 Å². The Kier molecular flexibility index (Phi) is 4.58. The van der Waals surface area contributed by atoms with Crippen molar-refractivity contribution in [1.82, 2.24) is 4.90 Å². The number of anilines is 1. The average Bonchev–Trinajstić information content (AvgIpc) is 2.89. The molecule has 0 aliphatic rings. The lowest BCUT2D eigenvalue weighted by Gasteiger charge is -2.26. The Morgan fingerprint density at radius 3 is 2.53 bits per heavy atom. The van der Waals surface area contributed by atoms with E-state index in [4.69, 9.17) is 0 Å². The lowest BCUT2D eigenvalue weighted by atomic mass is 10.2. The van der Waals surface area contributed by atoms with Gasteiger partial charge in [-0.25, -0.2) is 4.79 Å². The lowest BCUT2D eigenvalue weighted by Crippen LogP contribution is -2.39. The second-order valence-electron chi connectivity index (χ2n) is 4.61. The molecule has 2 amide bonds. The van der Waals surface area contributed by atoms with Crippen LogP contribution in [-0.2, 0) is 6.54 Å². The highest BCUT2D eigenvalue weighted by atomic mass is 32.1. The number of nitrogens with one attached hydrogen (secondary N) is 1. The van der Waals surface area contributed by atoms with Crippen molar-refractivity contribution in [3.63, 3.8) is 0 Å². The van der Waals surface area contributed by atoms with E-state index in [1.54, 1.807) is 0 Å². The maximum atomic E-state index is 12.3. The third-order valence-electron chi connectivity index (χ3n) is 2.83. The van der Waals surface area contributed by atoms with Gasteiger partial charge in [0.05, 0.1) is 5.00 Å². The van der Waals surface area contributed by atoms with E-state index in [9.17, 15) is 4.79 Å². The Balaban J connectivity index is 2.05. The van der Waals surface area contributed by atoms with Crippen LogP contribution in [0.15, 0.2) is 47.8 Å². The van der Waals surface area contributed by atoms with Gasteiger partial charge in [0, 0.05) is 12.6 Å². The fraction of sp³-hybridized carbons (Fsp3) is 0.267. The molecule has 1 heterocycles. The van der Waals surface area contributed by atoms with Gasteiger partial charge in [-0.1, -0.05) is 30.3 Å². The van der Waals surface area contributed by atoms with E-state index in [0.717, 1.165) is 10.6 Å². The number of rotatable bonds is 4. The molecule has 0 saturated carbocycles. The van der Waals surface area contributed by atoms with Crippen LogP contribution >= 0.6 is 11.3 Å². The summed E-state index contributed by atoms with van der Waals surface area (Å²) in [5.41, 5.74) is 1.14. The first-order valence-corrected chi connectivity index (χ1v) is 7.20. The van der Waals surface area contributed by atoms with Crippen LogP contribution in [0.1, 0.15) is 19.4 Å². The first kappa shape index (κ1) is 13.6. The van der Waals surface area contributed by atoms with Gasteiger partial charge in [-0.3, -0.25) is 5.32 Å². The van der Waals surface area contributed by atoms with E-state index in [1.807, 2.05) is 66.6 Å². The van der Waals surface area contributed by atoms with Crippen molar-refractivity contribution in [3.8, 4) is 0 Å². The third kappa shape index (κ3) is 3.83. The number of carbonyl (C=O) groups excluding carboxylic acids is 1. The highest BCUT2D eigenvalue weighted by molar-refractivity contribution is 7.14. The van der Waals surface area contributed by atoms with Crippen molar-refractivity contribution in [1.29, 1.82) is 0 Å². The largest absolute Gasteiger partial charge is 0.322 e. The number of urea groups is 1. The molecule has 0 unspecified atom stereocenters. The number of nitrogens with zero attached hydrogens (tertiary/aromatic N) is 1. The molecule has 1 aromatic heterocycles. The molecule has 0 bridgehead atoms. The van der Waals surface area contributed by atoms with Gasteiger partial charge in [0.25, 0.3) is 0 Å². The van der Waals surface area contributed by atoms with Crippen LogP contribution in [0.5, 0.6) is 0 Å². The van der Waals surface area contributed by atoms with Gasteiger partial charge in [-0.05, 0) is 36.9 Å². The van der Waals surface area contributed by atoms with Crippen LogP contribution in [0, 0.1) is 0 Å². The van der Waals surface area contributed by atoms with E-state index in [1.165, 1.54) is 11.3 Å². The van der Waals surface area contributed by atoms with E-state index in [-0.39, 0.29) is 12.1 Å². The van der Waals surface area contributed by atoms with Crippen LogP contribution < -0.4 is 5.32 Å². The van der Waals surface area contributed by atoms with Gasteiger partial charge in [0.15, 0.2) is 0 Å². The van der Waals surface area contributed by atoms with E-state index in [2.05, 4.69) is 5.32 Å². The highest BCUT2D eigenvalue weighted by Crippen LogP contribution is 2.17. The van der Waals surface area contributed by atoms with Gasteiger partial charge in [0.2, 0.25) is 0 Å². The van der Waals surface area contributed by atoms with Crippen molar-refractivity contribution in [2.45, 2.75) is 26.4 Å². The summed E-state index contributed by atoms with van der Waals surface area (Å²) >= 11 is 1.53. The zero-order valence-corrected chi connectivity index (χ0v) is 12.0. The summed E-state index contributed by atoms with van der Waals surface area (Å²) in [6.07, 6.45) is 0. The van der Waals surface area contributed by atoms with Crippen molar-refractivity contribution in [3.05, 3.63) is 53.4 Å². The van der Waals surface area contributed by atoms with Crippen LogP contribution in [0.3, 0.4) is 0 Å². The maximum Gasteiger partial charge on any atom is 0.322 e. The monoisotopic (exact) mass is 274 g/mol. The zero-order chi connectivity index (χ0) is 13.7. The topological polar surface area (TPSA) is 32.3 Å². The quantitative estimate of drug-likeness (QED) is 0.890. The third-order valence-corrected chi connectivity index (χ3v) is 3.62. The molecule has 0 radical (unpaired) electrons. The SMILES string of the molecule is CC(C)N(Cc1ccccc1)C(=O)Nc1cccs1. The molecule has 0 atom stereocenters. The number of amides is 2. The fourth-order valence-electron chi connectivity index (χ4n) is 1.80. The molecular weight excluding hydrogens is 256 g/mol. The Morgan fingerprint density at radius 1 is 1.21 bits per heavy atom. The number of hydrogen-bond acceptors (Lipinski definition) is 2. The fourth-order valence-corrected chi connectivity index (χ4v) is 2.40. The molecule has 100 valence electrons. The molecular formula is C15H18N2OS. The summed E-state index contributed by atoms with van der Waals surface area (Å²) in [4.78, 5) is 14.1. The number of benzene rings is 1. The standard InChI is InChI=1S/C15H18N2OS/c1-12(2)17(11-13-7-4-3-5-8-13)15(18)16-14-9-6-10-19-14/h3-10,12H,11H2,1-2H3,(H,16,18). The van der Waals surface area contributed by atoms with Gasteiger partial charge < -0.3 is 4.90 Å². The maximum absolute atomic E-state index is 12.3. The molecule has 19 heavy (non-hydrogen) atoms. The molecule has 3 nitrogen and oxygen atoms in total. The number of carbonyl (C=O) groups is 1. The first-order chi connectivity index (χ1) is 9.16. The minimum absolute atomic E-state index is 0.0543. The summed E-state index contributed by atoms with van der Waals surface area (Å²) in [6, 6.07) is 14.0. The molecule has 0 saturated heterocycles. The Bertz CT molecular complexity index is 508. The summed E-state index contributed by atoms with van der Waals surface area (Å²) in [7, 11) is 0. The van der Waals surface area contributed by atoms with Crippen molar-refractivity contribution < 1.29 is 4.79 Å². The molecule has 0 fully saturated rings. The zero-order valence-electron chi connectivity index (χ0n) is 11.2. The van der Waals surface area contributed by atoms with Crippen LogP contribution in [0.4, 0.5) is 9.80 Å². The van der Waals surface area contributed by atoms with Crippen LogP contribution in [0.2, 0.25) is 0 Å². The van der Waals surface area contributed by atoms with E-state index < -0.39 is 0 Å². The molecule has 1 N–H and O–H groups in total. The molecule has 0 spiro atoms. The Morgan fingerprint density at radius 2 is 1.95 bits per heavy atom. The summed E-state index contributed by atoms with van der Waals surface area (Å²) in [6.45, 7) is 4.67. The molecule has 4 heteroatoms. The normalized spacial score (nSPS) is 10.5. The minimum atomic E-state index is -0.0543. The van der Waals surface area contributed by atoms with E-state index in [0.29, 0.717) is 6.54 Å². The molecule has 1 aromatic carbocycles. The molecule has 2 rings (SSSR count). The van der Waals surface area contributed by atoms with E-state index >= 15 is 0 Å². The summed E-state index contributed by atoms with van der Waals surface area (Å²) in [5.74, 6) is 0. The first-order valence-electron chi connectivity index (χ1n) is 6.32.